The van der Waals surface area contributed by atoms with Crippen molar-refractivity contribution in [3.05, 3.63) is 47.7 Å². The summed E-state index contributed by atoms with van der Waals surface area (Å²) in [6.45, 7) is 0. The van der Waals surface area contributed by atoms with Crippen LogP contribution in [0.5, 0.6) is 0 Å². The number of carbonyl (C=O) groups excluding carboxylic acids is 1. The Morgan fingerprint density at radius 1 is 1.10 bits per heavy atom. The second kappa shape index (κ2) is 5.75. The molecule has 0 spiro atoms. The van der Waals surface area contributed by atoms with E-state index in [1.807, 2.05) is 0 Å². The first-order valence-corrected chi connectivity index (χ1v) is 5.69. The van der Waals surface area contributed by atoms with E-state index >= 15 is 0 Å². The number of halogens is 3. The fourth-order valence-corrected chi connectivity index (χ4v) is 1.56. The molecular weight excluding hydrogens is 287 g/mol. The molecule has 1 aromatic carbocycles. The van der Waals surface area contributed by atoms with Crippen molar-refractivity contribution >= 4 is 17.4 Å². The summed E-state index contributed by atoms with van der Waals surface area (Å²) in [6, 6.07) is 7.32. The van der Waals surface area contributed by atoms with Crippen LogP contribution in [0.1, 0.15) is 16.1 Å². The molecule has 1 heterocycles. The minimum absolute atomic E-state index is 0.133. The van der Waals surface area contributed by atoms with Crippen LogP contribution in [-0.2, 0) is 6.18 Å². The van der Waals surface area contributed by atoms with Crippen molar-refractivity contribution in [3.63, 3.8) is 0 Å². The fourth-order valence-electron chi connectivity index (χ4n) is 1.56. The van der Waals surface area contributed by atoms with Crippen molar-refractivity contribution in [3.8, 4) is 0 Å². The number of nitrogen functional groups attached to an aromatic ring is 1. The molecule has 0 fully saturated rings. The van der Waals surface area contributed by atoms with E-state index in [1.54, 1.807) is 0 Å². The number of carbonyl (C=O) groups is 1. The highest BCUT2D eigenvalue weighted by Gasteiger charge is 2.33. The van der Waals surface area contributed by atoms with Crippen LogP contribution in [0, 0.1) is 0 Å². The summed E-state index contributed by atoms with van der Waals surface area (Å²) < 4.78 is 38.4. The van der Waals surface area contributed by atoms with Gasteiger partial charge in [0.05, 0.1) is 11.3 Å². The number of anilines is 2. The molecular formula is C12H10F3N5O. The van der Waals surface area contributed by atoms with Gasteiger partial charge in [-0.2, -0.15) is 13.2 Å². The Bertz CT molecular complexity index is 642. The Balaban J connectivity index is 2.23. The van der Waals surface area contributed by atoms with Crippen LogP contribution in [0.4, 0.5) is 24.7 Å². The first-order valence-electron chi connectivity index (χ1n) is 5.69. The molecule has 2 aromatic rings. The molecule has 0 aliphatic heterocycles. The highest BCUT2D eigenvalue weighted by Crippen LogP contribution is 2.34. The average Bonchev–Trinajstić information content (AvgIpc) is 2.47. The van der Waals surface area contributed by atoms with E-state index < -0.39 is 17.6 Å². The number of nitrogens with two attached hydrogens (primary N) is 1. The Labute approximate surface area is 117 Å². The van der Waals surface area contributed by atoms with Crippen molar-refractivity contribution in [2.45, 2.75) is 6.18 Å². The number of nitrogens with zero attached hydrogens (tertiary/aromatic N) is 2. The second-order valence-corrected chi connectivity index (χ2v) is 3.95. The van der Waals surface area contributed by atoms with E-state index in [-0.39, 0.29) is 17.2 Å². The Morgan fingerprint density at radius 2 is 1.81 bits per heavy atom. The standard InChI is InChI=1S/C12H10F3N5O/c13-12(14,15)7-3-1-2-4-8(7)17-11(21)9-5-6-10(18-16)20-19-9/h1-6H,16H2,(H,17,21)(H,18,20). The lowest BCUT2D eigenvalue weighted by Crippen LogP contribution is -2.18. The van der Waals surface area contributed by atoms with Gasteiger partial charge in [0.15, 0.2) is 11.5 Å². The second-order valence-electron chi connectivity index (χ2n) is 3.95. The number of nitrogens with one attached hydrogen (secondary N) is 2. The number of amides is 1. The van der Waals surface area contributed by atoms with Gasteiger partial charge in [-0.15, -0.1) is 10.2 Å². The zero-order valence-electron chi connectivity index (χ0n) is 10.5. The van der Waals surface area contributed by atoms with Crippen LogP contribution in [0.15, 0.2) is 36.4 Å². The van der Waals surface area contributed by atoms with Gasteiger partial charge in [0, 0.05) is 0 Å². The fraction of sp³-hybridized carbons (Fsp3) is 0.0833. The SMILES string of the molecule is NNc1ccc(C(=O)Nc2ccccc2C(F)(F)F)nn1. The van der Waals surface area contributed by atoms with Gasteiger partial charge in [0.1, 0.15) is 0 Å². The molecule has 0 aliphatic carbocycles. The summed E-state index contributed by atoms with van der Waals surface area (Å²) in [5.41, 5.74) is 0.797. The largest absolute Gasteiger partial charge is 0.418 e. The third-order valence-electron chi connectivity index (χ3n) is 2.53. The van der Waals surface area contributed by atoms with Gasteiger partial charge in [-0.25, -0.2) is 5.84 Å². The molecule has 21 heavy (non-hydrogen) atoms. The van der Waals surface area contributed by atoms with E-state index in [0.717, 1.165) is 12.1 Å². The lowest BCUT2D eigenvalue weighted by molar-refractivity contribution is -0.136. The van der Waals surface area contributed by atoms with Crippen molar-refractivity contribution in [1.29, 1.82) is 0 Å². The van der Waals surface area contributed by atoms with Crippen LogP contribution < -0.4 is 16.6 Å². The van der Waals surface area contributed by atoms with Crippen LogP contribution in [0.25, 0.3) is 0 Å². The van der Waals surface area contributed by atoms with Gasteiger partial charge in [-0.3, -0.25) is 4.79 Å². The zero-order valence-corrected chi connectivity index (χ0v) is 10.5. The molecule has 0 saturated carbocycles. The van der Waals surface area contributed by atoms with E-state index in [9.17, 15) is 18.0 Å². The lowest BCUT2D eigenvalue weighted by atomic mass is 10.1. The van der Waals surface area contributed by atoms with Crippen LogP contribution in [-0.4, -0.2) is 16.1 Å². The number of hydrogen-bond acceptors (Lipinski definition) is 5. The van der Waals surface area contributed by atoms with Gasteiger partial charge >= 0.3 is 6.18 Å². The molecule has 9 heteroatoms. The average molecular weight is 297 g/mol. The number of hydrogen-bond donors (Lipinski definition) is 3. The molecule has 2 rings (SSSR count). The Morgan fingerprint density at radius 3 is 2.38 bits per heavy atom. The van der Waals surface area contributed by atoms with Gasteiger partial charge in [-0.05, 0) is 24.3 Å². The Hall–Kier alpha value is -2.68. The maximum Gasteiger partial charge on any atom is 0.418 e. The third kappa shape index (κ3) is 3.45. The number of rotatable bonds is 3. The van der Waals surface area contributed by atoms with E-state index in [0.29, 0.717) is 0 Å². The van der Waals surface area contributed by atoms with Crippen molar-refractivity contribution in [2.24, 2.45) is 5.84 Å². The topological polar surface area (TPSA) is 92.9 Å². The molecule has 4 N–H and O–H groups in total. The van der Waals surface area contributed by atoms with Gasteiger partial charge in [0.25, 0.3) is 5.91 Å². The van der Waals surface area contributed by atoms with Crippen LogP contribution in [0.2, 0.25) is 0 Å². The third-order valence-corrected chi connectivity index (χ3v) is 2.53. The number of para-hydroxylation sites is 1. The first-order chi connectivity index (χ1) is 9.91. The maximum absolute atomic E-state index is 12.8. The number of benzene rings is 1. The lowest BCUT2D eigenvalue weighted by Gasteiger charge is -2.13. The molecule has 1 aromatic heterocycles. The molecule has 0 aliphatic rings. The highest BCUT2D eigenvalue weighted by atomic mass is 19.4. The minimum atomic E-state index is -4.57. The monoisotopic (exact) mass is 297 g/mol. The molecule has 0 unspecified atom stereocenters. The first kappa shape index (κ1) is 14.7. The minimum Gasteiger partial charge on any atom is -0.320 e. The summed E-state index contributed by atoms with van der Waals surface area (Å²) in [7, 11) is 0. The predicted octanol–water partition coefficient (Wildman–Crippen LogP) is 2.03. The summed E-state index contributed by atoms with van der Waals surface area (Å²) in [5.74, 6) is 4.51. The number of alkyl halides is 3. The quantitative estimate of drug-likeness (QED) is 0.595. The molecule has 0 bridgehead atoms. The normalized spacial score (nSPS) is 11.0. The Kier molecular flexibility index (Phi) is 4.03. The number of aromatic nitrogens is 2. The van der Waals surface area contributed by atoms with E-state index in [1.165, 1.54) is 24.3 Å². The van der Waals surface area contributed by atoms with E-state index in [4.69, 9.17) is 5.84 Å². The molecule has 6 nitrogen and oxygen atoms in total. The highest BCUT2D eigenvalue weighted by molar-refractivity contribution is 6.03. The van der Waals surface area contributed by atoms with Gasteiger partial charge in [-0.1, -0.05) is 12.1 Å². The molecule has 110 valence electrons. The van der Waals surface area contributed by atoms with Crippen molar-refractivity contribution < 1.29 is 18.0 Å². The smallest absolute Gasteiger partial charge is 0.320 e. The van der Waals surface area contributed by atoms with Crippen molar-refractivity contribution in [2.75, 3.05) is 10.7 Å². The van der Waals surface area contributed by atoms with Gasteiger partial charge < -0.3 is 10.7 Å². The van der Waals surface area contributed by atoms with E-state index in [2.05, 4.69) is 20.9 Å². The zero-order chi connectivity index (χ0) is 15.5. The molecule has 0 saturated heterocycles. The molecule has 0 radical (unpaired) electrons. The molecule has 0 atom stereocenters. The summed E-state index contributed by atoms with van der Waals surface area (Å²) in [6.07, 6.45) is -4.57. The van der Waals surface area contributed by atoms with Gasteiger partial charge in [0.2, 0.25) is 0 Å². The predicted molar refractivity (Wildman–Crippen MR) is 69.2 cm³/mol. The summed E-state index contributed by atoms with van der Waals surface area (Å²) in [5, 5.41) is 9.27. The summed E-state index contributed by atoms with van der Waals surface area (Å²) in [4.78, 5) is 11.9. The summed E-state index contributed by atoms with van der Waals surface area (Å²) >= 11 is 0. The van der Waals surface area contributed by atoms with Crippen molar-refractivity contribution in [1.82, 2.24) is 10.2 Å². The van der Waals surface area contributed by atoms with Crippen LogP contribution in [0.3, 0.4) is 0 Å². The maximum atomic E-state index is 12.8. The number of hydrazine groups is 1. The van der Waals surface area contributed by atoms with Crippen LogP contribution >= 0.6 is 0 Å². The molecule has 1 amide bonds.